The number of benzene rings is 1. The highest BCUT2D eigenvalue weighted by Crippen LogP contribution is 2.41. The molecule has 0 radical (unpaired) electrons. The molecule has 3 rings (SSSR count). The lowest BCUT2D eigenvalue weighted by molar-refractivity contribution is -0.170. The van der Waals surface area contributed by atoms with Crippen LogP contribution in [-0.2, 0) is 5.92 Å². The van der Waals surface area contributed by atoms with Gasteiger partial charge in [0.2, 0.25) is 0 Å². The van der Waals surface area contributed by atoms with Crippen LogP contribution in [-0.4, -0.2) is 62.9 Å². The van der Waals surface area contributed by atoms with Crippen molar-refractivity contribution in [1.82, 2.24) is 20.0 Å². The second-order valence-electron chi connectivity index (χ2n) is 10.1. The van der Waals surface area contributed by atoms with Gasteiger partial charge in [-0.05, 0) is 46.8 Å². The lowest BCUT2D eigenvalue weighted by Gasteiger charge is -2.38. The molecule has 204 valence electrons. The van der Waals surface area contributed by atoms with E-state index in [1.807, 2.05) is 4.90 Å². The van der Waals surface area contributed by atoms with E-state index >= 15 is 4.39 Å². The van der Waals surface area contributed by atoms with Gasteiger partial charge in [-0.25, -0.2) is 9.49 Å². The van der Waals surface area contributed by atoms with Gasteiger partial charge in [0.25, 0.3) is 5.56 Å². The Kier molecular flexibility index (Phi) is 8.13. The van der Waals surface area contributed by atoms with Crippen molar-refractivity contribution in [2.45, 2.75) is 58.2 Å². The second-order valence-corrected chi connectivity index (χ2v) is 10.1. The first-order chi connectivity index (χ1) is 17.1. The van der Waals surface area contributed by atoms with Crippen LogP contribution in [0.2, 0.25) is 0 Å². The van der Waals surface area contributed by atoms with Crippen molar-refractivity contribution >= 4 is 17.6 Å². The highest BCUT2D eigenvalue weighted by Gasteiger charge is 2.49. The van der Waals surface area contributed by atoms with Gasteiger partial charge in [-0.3, -0.25) is 9.69 Å². The third-order valence-electron chi connectivity index (χ3n) is 6.72. The Morgan fingerprint density at radius 3 is 2.41 bits per heavy atom. The maximum atomic E-state index is 15.3. The Bertz CT molecular complexity index is 1200. The molecule has 0 saturated carbocycles. The Morgan fingerprint density at radius 2 is 1.84 bits per heavy atom. The number of rotatable bonds is 8. The zero-order valence-electron chi connectivity index (χ0n) is 21.8. The van der Waals surface area contributed by atoms with E-state index in [2.05, 4.69) is 34.3 Å². The minimum absolute atomic E-state index is 0.0827. The number of halogens is 3. The highest BCUT2D eigenvalue weighted by atomic mass is 19.3. The average molecular weight is 524 g/mol. The number of aromatic nitrogens is 2. The monoisotopic (exact) mass is 523 g/mol. The van der Waals surface area contributed by atoms with Gasteiger partial charge in [-0.15, -0.1) is 0 Å². The van der Waals surface area contributed by atoms with E-state index in [4.69, 9.17) is 11.5 Å². The molecule has 0 bridgehead atoms. The lowest BCUT2D eigenvalue weighted by Crippen LogP contribution is -2.49. The number of alkyl halides is 2. The summed E-state index contributed by atoms with van der Waals surface area (Å²) < 4.78 is 44.7. The van der Waals surface area contributed by atoms with Crippen LogP contribution in [0.4, 0.5) is 24.7 Å². The van der Waals surface area contributed by atoms with Crippen LogP contribution in [0, 0.1) is 5.82 Å². The molecule has 0 spiro atoms. The average Bonchev–Trinajstić information content (AvgIpc) is 2.82. The molecule has 1 saturated heterocycles. The number of hydrogen-bond acceptors (Lipinski definition) is 8. The number of nitrogens with zero attached hydrogens (tertiary/aromatic N) is 3. The Hall–Kier alpha value is -3.25. The summed E-state index contributed by atoms with van der Waals surface area (Å²) in [4.78, 5) is 16.5. The fourth-order valence-corrected chi connectivity index (χ4v) is 4.21. The van der Waals surface area contributed by atoms with Crippen LogP contribution >= 0.6 is 0 Å². The minimum Gasteiger partial charge on any atom is -0.394 e. The molecule has 1 aliphatic rings. The van der Waals surface area contributed by atoms with Crippen LogP contribution in [0.25, 0.3) is 6.08 Å². The summed E-state index contributed by atoms with van der Waals surface area (Å²) in [6.45, 7) is 10.6. The first-order valence-electron chi connectivity index (χ1n) is 12.1. The van der Waals surface area contributed by atoms with E-state index in [0.717, 1.165) is 33.0 Å². The van der Waals surface area contributed by atoms with E-state index in [1.165, 1.54) is 18.2 Å². The maximum Gasteiger partial charge on any atom is 0.303 e. The number of nitrogens with one attached hydrogen (secondary N) is 2. The van der Waals surface area contributed by atoms with Crippen molar-refractivity contribution in [2.24, 2.45) is 5.73 Å². The van der Waals surface area contributed by atoms with Crippen LogP contribution in [0.5, 0.6) is 0 Å². The SMILES string of the molecule is CC(C)N1CCN(/C(N)=C/c2c(N[C@H](C)c3cccc(C(F)(F)C(C)(C)O)c3F)n[nH]c(=O)c2N)CC1. The summed E-state index contributed by atoms with van der Waals surface area (Å²) in [6, 6.07) is 3.13. The Morgan fingerprint density at radius 1 is 1.22 bits per heavy atom. The molecule has 0 aliphatic carbocycles. The molecule has 2 heterocycles. The summed E-state index contributed by atoms with van der Waals surface area (Å²) in [7, 11) is 0. The van der Waals surface area contributed by atoms with E-state index in [0.29, 0.717) is 25.0 Å². The lowest BCUT2D eigenvalue weighted by atomic mass is 9.91. The van der Waals surface area contributed by atoms with Crippen molar-refractivity contribution < 1.29 is 18.3 Å². The molecule has 7 N–H and O–H groups in total. The predicted octanol–water partition coefficient (Wildman–Crippen LogP) is 2.81. The minimum atomic E-state index is -3.84. The molecule has 37 heavy (non-hydrogen) atoms. The van der Waals surface area contributed by atoms with Crippen molar-refractivity contribution in [2.75, 3.05) is 37.2 Å². The molecule has 12 heteroatoms. The number of aromatic amines is 1. The van der Waals surface area contributed by atoms with Crippen molar-refractivity contribution in [3.8, 4) is 0 Å². The van der Waals surface area contributed by atoms with Crippen molar-refractivity contribution in [3.05, 3.63) is 56.9 Å². The molecule has 1 fully saturated rings. The van der Waals surface area contributed by atoms with Gasteiger partial charge in [0.15, 0.2) is 5.82 Å². The number of piperazine rings is 1. The molecule has 1 aliphatic heterocycles. The third kappa shape index (κ3) is 5.85. The standard InChI is InChI=1S/C25H36F3N7O2/c1-14(2)34-9-11-35(12-10-34)19(29)13-17-21(30)23(36)33-32-22(17)31-15(3)16-7-6-8-18(20(16)26)25(27,28)24(4,5)37/h6-8,13-15,37H,9-12,29H2,1-5H3,(H,33,36)(H3,30,31,32)/b19-13+/t15-/m1/s1. The van der Waals surface area contributed by atoms with E-state index < -0.39 is 34.5 Å². The third-order valence-corrected chi connectivity index (χ3v) is 6.72. The van der Waals surface area contributed by atoms with Crippen molar-refractivity contribution in [3.63, 3.8) is 0 Å². The van der Waals surface area contributed by atoms with Gasteiger partial charge in [0, 0.05) is 37.8 Å². The molecule has 1 aromatic carbocycles. The van der Waals surface area contributed by atoms with Gasteiger partial charge >= 0.3 is 5.92 Å². The van der Waals surface area contributed by atoms with E-state index in [1.54, 1.807) is 6.92 Å². The fourth-order valence-electron chi connectivity index (χ4n) is 4.21. The summed E-state index contributed by atoms with van der Waals surface area (Å²) >= 11 is 0. The zero-order valence-corrected chi connectivity index (χ0v) is 21.8. The molecule has 2 aromatic rings. The number of anilines is 2. The largest absolute Gasteiger partial charge is 0.394 e. The summed E-state index contributed by atoms with van der Waals surface area (Å²) in [5, 5.41) is 19.1. The topological polar surface area (TPSA) is 137 Å². The molecular weight excluding hydrogens is 487 g/mol. The Labute approximate surface area is 214 Å². The zero-order chi connectivity index (χ0) is 27.7. The van der Waals surface area contributed by atoms with E-state index in [9.17, 15) is 18.7 Å². The molecular formula is C25H36F3N7O2. The highest BCUT2D eigenvalue weighted by molar-refractivity contribution is 5.74. The second kappa shape index (κ2) is 10.6. The molecule has 0 unspecified atom stereocenters. The Balaban J connectivity index is 1.92. The number of H-pyrrole nitrogens is 1. The number of aliphatic hydroxyl groups is 1. The van der Waals surface area contributed by atoms with Gasteiger partial charge in [0.05, 0.1) is 23.0 Å². The van der Waals surface area contributed by atoms with Crippen LogP contribution in [0.3, 0.4) is 0 Å². The van der Waals surface area contributed by atoms with Gasteiger partial charge in [-0.2, -0.15) is 13.9 Å². The maximum absolute atomic E-state index is 15.3. The van der Waals surface area contributed by atoms with Gasteiger partial charge in [-0.1, -0.05) is 12.1 Å². The summed E-state index contributed by atoms with van der Waals surface area (Å²) in [5.74, 6) is -4.51. The molecule has 0 amide bonds. The first kappa shape index (κ1) is 28.3. The summed E-state index contributed by atoms with van der Waals surface area (Å²) in [6.07, 6.45) is 1.53. The van der Waals surface area contributed by atoms with Crippen LogP contribution in [0.15, 0.2) is 28.8 Å². The number of nitrogen functional groups attached to an aromatic ring is 1. The molecule has 9 nitrogen and oxygen atoms in total. The quantitative estimate of drug-likeness (QED) is 0.356. The van der Waals surface area contributed by atoms with Crippen LogP contribution < -0.4 is 22.3 Å². The first-order valence-corrected chi connectivity index (χ1v) is 12.1. The molecule has 1 atom stereocenters. The van der Waals surface area contributed by atoms with E-state index in [-0.39, 0.29) is 22.6 Å². The molecule has 1 aromatic heterocycles. The predicted molar refractivity (Wildman–Crippen MR) is 138 cm³/mol. The summed E-state index contributed by atoms with van der Waals surface area (Å²) in [5.41, 5.74) is 8.34. The van der Waals surface area contributed by atoms with Crippen molar-refractivity contribution in [1.29, 1.82) is 0 Å². The smallest absolute Gasteiger partial charge is 0.303 e. The van der Waals surface area contributed by atoms with Gasteiger partial charge < -0.3 is 26.8 Å². The van der Waals surface area contributed by atoms with Gasteiger partial charge in [0.1, 0.15) is 17.1 Å². The number of hydrogen-bond donors (Lipinski definition) is 5. The normalized spacial score (nSPS) is 16.8. The number of nitrogens with two attached hydrogens (primary N) is 2. The van der Waals surface area contributed by atoms with Crippen LogP contribution in [0.1, 0.15) is 57.4 Å². The fraction of sp³-hybridized carbons (Fsp3) is 0.520.